The van der Waals surface area contributed by atoms with Crippen molar-refractivity contribution < 1.29 is 0 Å². The molecule has 1 aromatic carbocycles. The third-order valence-electron chi connectivity index (χ3n) is 6.83. The largest absolute Gasteiger partial charge is 0.303 e. The molecule has 3 fully saturated rings. The van der Waals surface area contributed by atoms with Gasteiger partial charge >= 0.3 is 0 Å². The lowest BCUT2D eigenvalue weighted by molar-refractivity contribution is 0.0181. The van der Waals surface area contributed by atoms with E-state index in [0.29, 0.717) is 0 Å². The molecule has 2 aliphatic heterocycles. The smallest absolute Gasteiger partial charge is 0.0130 e. The Kier molecular flexibility index (Phi) is 7.01. The first-order valence-corrected chi connectivity index (χ1v) is 9.25. The van der Waals surface area contributed by atoms with Crippen molar-refractivity contribution in [2.45, 2.75) is 38.1 Å². The van der Waals surface area contributed by atoms with Crippen LogP contribution in [0.25, 0.3) is 0 Å². The highest BCUT2D eigenvalue weighted by Crippen LogP contribution is 2.51. The van der Waals surface area contributed by atoms with Gasteiger partial charge in [0.05, 0.1) is 0 Å². The zero-order valence-electron chi connectivity index (χ0n) is 14.9. The number of fused-ring (bicyclic) bond motifs is 3. The van der Waals surface area contributed by atoms with Gasteiger partial charge in [0, 0.05) is 19.1 Å². The lowest BCUT2D eigenvalue weighted by Gasteiger charge is -2.50. The molecular weight excluding hydrogens is 339 g/mol. The first-order chi connectivity index (χ1) is 10.8. The topological polar surface area (TPSA) is 6.48 Å². The summed E-state index contributed by atoms with van der Waals surface area (Å²) in [5.41, 5.74) is 1.59. The van der Waals surface area contributed by atoms with Gasteiger partial charge in [-0.15, -0.1) is 24.8 Å². The van der Waals surface area contributed by atoms with Crippen LogP contribution >= 0.6 is 24.8 Å². The van der Waals surface area contributed by atoms with Crippen molar-refractivity contribution in [3.63, 3.8) is 0 Å². The highest BCUT2D eigenvalue weighted by molar-refractivity contribution is 5.85. The molecule has 3 aliphatic rings. The molecule has 4 rings (SSSR count). The van der Waals surface area contributed by atoms with E-state index in [1.54, 1.807) is 5.56 Å². The van der Waals surface area contributed by atoms with Crippen molar-refractivity contribution in [2.24, 2.45) is 17.8 Å². The molecular formula is C20H32Cl2N2. The number of halogens is 2. The third-order valence-corrected chi connectivity index (χ3v) is 6.83. The van der Waals surface area contributed by atoms with Gasteiger partial charge < -0.3 is 9.80 Å². The van der Waals surface area contributed by atoms with Crippen LogP contribution in [0.15, 0.2) is 30.3 Å². The molecule has 5 unspecified atom stereocenters. The molecule has 0 amide bonds. The Labute approximate surface area is 159 Å². The van der Waals surface area contributed by atoms with Crippen molar-refractivity contribution in [2.75, 3.05) is 33.2 Å². The number of nitrogens with zero attached hydrogens (tertiary/aromatic N) is 2. The number of rotatable bonds is 2. The molecule has 1 aromatic rings. The number of benzene rings is 1. The van der Waals surface area contributed by atoms with Gasteiger partial charge in [-0.05, 0) is 68.6 Å². The van der Waals surface area contributed by atoms with Crippen molar-refractivity contribution in [1.82, 2.24) is 9.80 Å². The summed E-state index contributed by atoms with van der Waals surface area (Å²) < 4.78 is 0. The SMILES string of the molecule is CCN1CC2C(c3ccccc3)CC3C(CCCN3C)C2C1.Cl.Cl. The number of piperidine rings is 1. The summed E-state index contributed by atoms with van der Waals surface area (Å²) in [5.74, 6) is 3.52. The van der Waals surface area contributed by atoms with Gasteiger partial charge in [-0.25, -0.2) is 0 Å². The number of likely N-dealkylation sites (tertiary alicyclic amines) is 2. The number of hydrogen-bond acceptors (Lipinski definition) is 2. The Morgan fingerprint density at radius 3 is 2.42 bits per heavy atom. The highest BCUT2D eigenvalue weighted by atomic mass is 35.5. The normalized spacial score (nSPS) is 36.2. The predicted octanol–water partition coefficient (Wildman–Crippen LogP) is 4.30. The van der Waals surface area contributed by atoms with Gasteiger partial charge in [-0.2, -0.15) is 0 Å². The lowest BCUT2D eigenvalue weighted by Crippen LogP contribution is -2.52. The van der Waals surface area contributed by atoms with Crippen LogP contribution in [0.3, 0.4) is 0 Å². The van der Waals surface area contributed by atoms with Crippen molar-refractivity contribution in [3.05, 3.63) is 35.9 Å². The Hall–Kier alpha value is -0.280. The molecule has 24 heavy (non-hydrogen) atoms. The van der Waals surface area contributed by atoms with Crippen LogP contribution in [0.1, 0.15) is 37.7 Å². The average Bonchev–Trinajstić information content (AvgIpc) is 3.00. The molecule has 0 radical (unpaired) electrons. The van der Waals surface area contributed by atoms with Crippen LogP contribution < -0.4 is 0 Å². The van der Waals surface area contributed by atoms with E-state index in [4.69, 9.17) is 0 Å². The maximum atomic E-state index is 2.71. The summed E-state index contributed by atoms with van der Waals surface area (Å²) in [6, 6.07) is 12.2. The molecule has 0 N–H and O–H groups in total. The summed E-state index contributed by atoms with van der Waals surface area (Å²) in [4.78, 5) is 5.39. The van der Waals surface area contributed by atoms with Crippen LogP contribution in [0, 0.1) is 17.8 Å². The van der Waals surface area contributed by atoms with Gasteiger partial charge in [0.25, 0.3) is 0 Å². The fourth-order valence-corrected chi connectivity index (χ4v) is 5.71. The third kappa shape index (κ3) is 3.49. The average molecular weight is 371 g/mol. The molecule has 136 valence electrons. The maximum Gasteiger partial charge on any atom is 0.0130 e. The summed E-state index contributed by atoms with van der Waals surface area (Å²) in [7, 11) is 2.37. The molecule has 2 nitrogen and oxygen atoms in total. The van der Waals surface area contributed by atoms with Crippen LogP contribution in [0.2, 0.25) is 0 Å². The fourth-order valence-electron chi connectivity index (χ4n) is 5.71. The molecule has 2 heterocycles. The van der Waals surface area contributed by atoms with E-state index >= 15 is 0 Å². The summed E-state index contributed by atoms with van der Waals surface area (Å²) in [5, 5.41) is 0. The Bertz CT molecular complexity index is 510. The lowest BCUT2D eigenvalue weighted by atomic mass is 9.61. The summed E-state index contributed by atoms with van der Waals surface area (Å²) in [6.07, 6.45) is 4.25. The first kappa shape index (κ1) is 20.0. The highest BCUT2D eigenvalue weighted by Gasteiger charge is 2.50. The molecule has 4 heteroatoms. The van der Waals surface area contributed by atoms with E-state index in [-0.39, 0.29) is 24.8 Å². The molecule has 0 spiro atoms. The molecule has 0 aromatic heterocycles. The van der Waals surface area contributed by atoms with Crippen LogP contribution in [0.5, 0.6) is 0 Å². The minimum Gasteiger partial charge on any atom is -0.303 e. The van der Waals surface area contributed by atoms with Gasteiger partial charge in [-0.3, -0.25) is 0 Å². The summed E-state index contributed by atoms with van der Waals surface area (Å²) in [6.45, 7) is 7.53. The van der Waals surface area contributed by atoms with E-state index < -0.39 is 0 Å². The molecule has 1 saturated carbocycles. The van der Waals surface area contributed by atoms with Crippen LogP contribution in [-0.4, -0.2) is 49.1 Å². The zero-order valence-corrected chi connectivity index (χ0v) is 16.6. The minimum absolute atomic E-state index is 0. The van der Waals surface area contributed by atoms with E-state index in [1.807, 2.05) is 0 Å². The van der Waals surface area contributed by atoms with Crippen molar-refractivity contribution in [3.8, 4) is 0 Å². The van der Waals surface area contributed by atoms with Gasteiger partial charge in [0.2, 0.25) is 0 Å². The molecule has 0 bridgehead atoms. The van der Waals surface area contributed by atoms with Crippen molar-refractivity contribution in [1.29, 1.82) is 0 Å². The van der Waals surface area contributed by atoms with E-state index in [9.17, 15) is 0 Å². The van der Waals surface area contributed by atoms with E-state index in [0.717, 1.165) is 29.7 Å². The van der Waals surface area contributed by atoms with E-state index in [2.05, 4.69) is 54.1 Å². The quantitative estimate of drug-likeness (QED) is 0.765. The Morgan fingerprint density at radius 1 is 1.00 bits per heavy atom. The van der Waals surface area contributed by atoms with Crippen LogP contribution in [0.4, 0.5) is 0 Å². The monoisotopic (exact) mass is 370 g/mol. The predicted molar refractivity (Wildman–Crippen MR) is 107 cm³/mol. The fraction of sp³-hybridized carbons (Fsp3) is 0.700. The van der Waals surface area contributed by atoms with Gasteiger partial charge in [0.1, 0.15) is 0 Å². The Morgan fingerprint density at radius 2 is 1.71 bits per heavy atom. The second kappa shape index (κ2) is 8.40. The second-order valence-corrected chi connectivity index (χ2v) is 7.79. The van der Waals surface area contributed by atoms with Gasteiger partial charge in [0.15, 0.2) is 0 Å². The second-order valence-electron chi connectivity index (χ2n) is 7.79. The number of hydrogen-bond donors (Lipinski definition) is 0. The minimum atomic E-state index is 0. The molecule has 1 aliphatic carbocycles. The zero-order chi connectivity index (χ0) is 15.1. The van der Waals surface area contributed by atoms with Gasteiger partial charge in [-0.1, -0.05) is 37.3 Å². The Balaban J connectivity index is 0.00000104. The molecule has 5 atom stereocenters. The van der Waals surface area contributed by atoms with Crippen LogP contribution in [-0.2, 0) is 0 Å². The summed E-state index contributed by atoms with van der Waals surface area (Å²) >= 11 is 0. The maximum absolute atomic E-state index is 2.71. The van der Waals surface area contributed by atoms with E-state index in [1.165, 1.54) is 45.4 Å². The van der Waals surface area contributed by atoms with Crippen molar-refractivity contribution >= 4 is 24.8 Å². The molecule has 2 saturated heterocycles. The first-order valence-electron chi connectivity index (χ1n) is 9.25. The standard InChI is InChI=1S/C20H30N2.2ClH/c1-3-22-13-18-16-10-7-11-21(2)20(16)12-17(19(18)14-22)15-8-5-4-6-9-15;;/h4-6,8-9,16-20H,3,7,10-14H2,1-2H3;2*1H.